The van der Waals surface area contributed by atoms with Crippen LogP contribution in [0.15, 0.2) is 24.5 Å². The van der Waals surface area contributed by atoms with Gasteiger partial charge in [-0.2, -0.15) is 0 Å². The lowest BCUT2D eigenvalue weighted by molar-refractivity contribution is 0.0697. The quantitative estimate of drug-likeness (QED) is 0.902. The van der Waals surface area contributed by atoms with Gasteiger partial charge >= 0.3 is 5.97 Å². The minimum atomic E-state index is -0.890. The summed E-state index contributed by atoms with van der Waals surface area (Å²) in [7, 11) is 0. The van der Waals surface area contributed by atoms with Crippen LogP contribution in [0, 0.1) is 20.8 Å². The van der Waals surface area contributed by atoms with Crippen LogP contribution in [-0.2, 0) is 6.54 Å². The predicted octanol–water partition coefficient (Wildman–Crippen LogP) is 2.55. The molecule has 0 bridgehead atoms. The lowest BCUT2D eigenvalue weighted by Gasteiger charge is -2.09. The molecule has 94 valence electrons. The standard InChI is InChI=1S/C14H16N2O2/c1-9-6-12(14(17)18)4-5-13(9)7-16-8-15-10(2)11(16)3/h4-6,8H,7H2,1-3H3,(H,17,18). The summed E-state index contributed by atoms with van der Waals surface area (Å²) in [5.74, 6) is -0.890. The maximum Gasteiger partial charge on any atom is 0.335 e. The van der Waals surface area contributed by atoms with Crippen molar-refractivity contribution < 1.29 is 9.90 Å². The van der Waals surface area contributed by atoms with Crippen molar-refractivity contribution in [3.63, 3.8) is 0 Å². The van der Waals surface area contributed by atoms with E-state index in [4.69, 9.17) is 5.11 Å². The van der Waals surface area contributed by atoms with E-state index in [9.17, 15) is 4.79 Å². The number of benzene rings is 1. The van der Waals surface area contributed by atoms with Gasteiger partial charge in [0.15, 0.2) is 0 Å². The first-order valence-corrected chi connectivity index (χ1v) is 5.80. The molecule has 1 heterocycles. The normalized spacial score (nSPS) is 10.6. The molecule has 0 atom stereocenters. The van der Waals surface area contributed by atoms with Gasteiger partial charge in [-0.15, -0.1) is 0 Å². The van der Waals surface area contributed by atoms with E-state index in [1.165, 1.54) is 0 Å². The molecule has 2 rings (SSSR count). The molecule has 0 spiro atoms. The second-order valence-electron chi connectivity index (χ2n) is 4.49. The molecule has 1 aromatic heterocycles. The first-order valence-electron chi connectivity index (χ1n) is 5.80. The van der Waals surface area contributed by atoms with Crippen LogP contribution in [0.2, 0.25) is 0 Å². The van der Waals surface area contributed by atoms with Crippen molar-refractivity contribution in [1.29, 1.82) is 0 Å². The number of hydrogen-bond acceptors (Lipinski definition) is 2. The number of carboxylic acid groups (broad SMARTS) is 1. The van der Waals surface area contributed by atoms with Crippen LogP contribution in [0.3, 0.4) is 0 Å². The SMILES string of the molecule is Cc1cc(C(=O)O)ccc1Cn1cnc(C)c1C. The average molecular weight is 244 g/mol. The highest BCUT2D eigenvalue weighted by atomic mass is 16.4. The summed E-state index contributed by atoms with van der Waals surface area (Å²) in [5, 5.41) is 8.92. The molecule has 2 aromatic rings. The van der Waals surface area contributed by atoms with E-state index >= 15 is 0 Å². The number of imidazole rings is 1. The number of carboxylic acids is 1. The van der Waals surface area contributed by atoms with Crippen LogP contribution in [0.5, 0.6) is 0 Å². The van der Waals surface area contributed by atoms with Crippen LogP contribution in [0.25, 0.3) is 0 Å². The Hall–Kier alpha value is -2.10. The molecule has 0 aliphatic carbocycles. The van der Waals surface area contributed by atoms with Gasteiger partial charge in [0.1, 0.15) is 0 Å². The highest BCUT2D eigenvalue weighted by molar-refractivity contribution is 5.87. The summed E-state index contributed by atoms with van der Waals surface area (Å²) in [4.78, 5) is 15.1. The predicted molar refractivity (Wildman–Crippen MR) is 68.9 cm³/mol. The Kier molecular flexibility index (Phi) is 3.19. The van der Waals surface area contributed by atoms with E-state index in [1.54, 1.807) is 12.1 Å². The van der Waals surface area contributed by atoms with Gasteiger partial charge in [0.25, 0.3) is 0 Å². The monoisotopic (exact) mass is 244 g/mol. The molecule has 4 heteroatoms. The third-order valence-corrected chi connectivity index (χ3v) is 3.28. The van der Waals surface area contributed by atoms with Gasteiger partial charge in [-0.05, 0) is 44.0 Å². The fraction of sp³-hybridized carbons (Fsp3) is 0.286. The third-order valence-electron chi connectivity index (χ3n) is 3.28. The molecule has 0 saturated heterocycles. The number of nitrogens with zero attached hydrogens (tertiary/aromatic N) is 2. The zero-order chi connectivity index (χ0) is 13.3. The number of aromatic nitrogens is 2. The molecular weight excluding hydrogens is 228 g/mol. The Morgan fingerprint density at radius 1 is 1.33 bits per heavy atom. The number of carbonyl (C=O) groups is 1. The van der Waals surface area contributed by atoms with Gasteiger partial charge in [0.05, 0.1) is 17.6 Å². The molecule has 0 unspecified atom stereocenters. The van der Waals surface area contributed by atoms with Gasteiger partial charge in [0.2, 0.25) is 0 Å². The van der Waals surface area contributed by atoms with Gasteiger partial charge in [-0.1, -0.05) is 6.07 Å². The Balaban J connectivity index is 2.30. The van der Waals surface area contributed by atoms with Crippen molar-refractivity contribution in [3.05, 3.63) is 52.6 Å². The molecule has 0 radical (unpaired) electrons. The molecule has 0 aliphatic rings. The summed E-state index contributed by atoms with van der Waals surface area (Å²) in [6.07, 6.45) is 1.81. The topological polar surface area (TPSA) is 55.1 Å². The summed E-state index contributed by atoms with van der Waals surface area (Å²) >= 11 is 0. The zero-order valence-electron chi connectivity index (χ0n) is 10.8. The first kappa shape index (κ1) is 12.4. The van der Waals surface area contributed by atoms with Gasteiger partial charge in [0, 0.05) is 12.2 Å². The number of hydrogen-bond donors (Lipinski definition) is 1. The number of rotatable bonds is 3. The van der Waals surface area contributed by atoms with Crippen LogP contribution >= 0.6 is 0 Å². The van der Waals surface area contributed by atoms with Crippen LogP contribution in [-0.4, -0.2) is 20.6 Å². The lowest BCUT2D eigenvalue weighted by Crippen LogP contribution is -2.04. The Bertz CT molecular complexity index is 600. The van der Waals surface area contributed by atoms with E-state index < -0.39 is 5.97 Å². The minimum Gasteiger partial charge on any atom is -0.478 e. The van der Waals surface area contributed by atoms with E-state index in [0.29, 0.717) is 5.56 Å². The molecule has 18 heavy (non-hydrogen) atoms. The molecule has 0 fully saturated rings. The lowest BCUT2D eigenvalue weighted by atomic mass is 10.0. The molecule has 1 N–H and O–H groups in total. The van der Waals surface area contributed by atoms with Crippen molar-refractivity contribution in [2.45, 2.75) is 27.3 Å². The minimum absolute atomic E-state index is 0.329. The Morgan fingerprint density at radius 3 is 2.56 bits per heavy atom. The molecule has 0 saturated carbocycles. The third kappa shape index (κ3) is 2.27. The van der Waals surface area contributed by atoms with Crippen molar-refractivity contribution in [2.75, 3.05) is 0 Å². The Morgan fingerprint density at radius 2 is 2.06 bits per heavy atom. The van der Waals surface area contributed by atoms with Crippen molar-refractivity contribution >= 4 is 5.97 Å². The highest BCUT2D eigenvalue weighted by Crippen LogP contribution is 2.14. The fourth-order valence-electron chi connectivity index (χ4n) is 1.89. The van der Waals surface area contributed by atoms with E-state index in [1.807, 2.05) is 33.2 Å². The molecule has 1 aromatic carbocycles. The van der Waals surface area contributed by atoms with Gasteiger partial charge < -0.3 is 9.67 Å². The Labute approximate surface area is 106 Å². The van der Waals surface area contributed by atoms with Crippen LogP contribution in [0.1, 0.15) is 32.9 Å². The second-order valence-corrected chi connectivity index (χ2v) is 4.49. The van der Waals surface area contributed by atoms with E-state index in [-0.39, 0.29) is 0 Å². The average Bonchev–Trinajstić information content (AvgIpc) is 2.63. The smallest absolute Gasteiger partial charge is 0.335 e. The maximum atomic E-state index is 10.9. The molecule has 0 aliphatic heterocycles. The van der Waals surface area contributed by atoms with Gasteiger partial charge in [-0.3, -0.25) is 0 Å². The fourth-order valence-corrected chi connectivity index (χ4v) is 1.89. The first-order chi connectivity index (χ1) is 8.49. The van der Waals surface area contributed by atoms with E-state index in [2.05, 4.69) is 9.55 Å². The van der Waals surface area contributed by atoms with Crippen LogP contribution in [0.4, 0.5) is 0 Å². The van der Waals surface area contributed by atoms with Crippen molar-refractivity contribution in [3.8, 4) is 0 Å². The zero-order valence-corrected chi connectivity index (χ0v) is 10.8. The maximum absolute atomic E-state index is 10.9. The summed E-state index contributed by atoms with van der Waals surface area (Å²) in [6.45, 7) is 6.66. The summed E-state index contributed by atoms with van der Waals surface area (Å²) in [5.41, 5.74) is 4.59. The summed E-state index contributed by atoms with van der Waals surface area (Å²) in [6, 6.07) is 5.22. The highest BCUT2D eigenvalue weighted by Gasteiger charge is 2.08. The van der Waals surface area contributed by atoms with Crippen molar-refractivity contribution in [1.82, 2.24) is 9.55 Å². The largest absolute Gasteiger partial charge is 0.478 e. The van der Waals surface area contributed by atoms with Gasteiger partial charge in [-0.25, -0.2) is 9.78 Å². The van der Waals surface area contributed by atoms with Crippen molar-refractivity contribution in [2.24, 2.45) is 0 Å². The molecular formula is C14H16N2O2. The van der Waals surface area contributed by atoms with E-state index in [0.717, 1.165) is 29.1 Å². The molecule has 0 amide bonds. The number of aromatic carboxylic acids is 1. The molecule has 4 nitrogen and oxygen atoms in total. The van der Waals surface area contributed by atoms with Crippen LogP contribution < -0.4 is 0 Å². The summed E-state index contributed by atoms with van der Waals surface area (Å²) < 4.78 is 2.07. The second kappa shape index (κ2) is 4.64. The number of aryl methyl sites for hydroxylation is 2.